The highest BCUT2D eigenvalue weighted by molar-refractivity contribution is 6.04. The van der Waals surface area contributed by atoms with Crippen molar-refractivity contribution in [3.05, 3.63) is 53.3 Å². The molecule has 3 atom stereocenters. The highest BCUT2D eigenvalue weighted by Gasteiger charge is 2.62. The van der Waals surface area contributed by atoms with Crippen LogP contribution in [0.4, 0.5) is 0 Å². The molecule has 2 aliphatic rings. The van der Waals surface area contributed by atoms with Crippen LogP contribution in [0.25, 0.3) is 0 Å². The molecule has 0 aliphatic carbocycles. The van der Waals surface area contributed by atoms with Crippen LogP contribution in [-0.4, -0.2) is 73.1 Å². The number of aliphatic hydroxyl groups excluding tert-OH is 1. The van der Waals surface area contributed by atoms with Gasteiger partial charge in [-0.25, -0.2) is 0 Å². The molecule has 31 heavy (non-hydrogen) atoms. The van der Waals surface area contributed by atoms with E-state index < -0.39 is 17.7 Å². The zero-order chi connectivity index (χ0) is 22.3. The van der Waals surface area contributed by atoms with Gasteiger partial charge in [-0.3, -0.25) is 19.1 Å². The van der Waals surface area contributed by atoms with E-state index in [9.17, 15) is 19.5 Å². The van der Waals surface area contributed by atoms with E-state index in [4.69, 9.17) is 0 Å². The van der Waals surface area contributed by atoms with Gasteiger partial charge in [0.25, 0.3) is 11.8 Å². The molecule has 1 unspecified atom stereocenters. The Balaban J connectivity index is 1.54. The van der Waals surface area contributed by atoms with Crippen molar-refractivity contribution in [1.29, 1.82) is 0 Å². The number of hydrogen-bond acceptors (Lipinski definition) is 5. The van der Waals surface area contributed by atoms with Gasteiger partial charge in [-0.1, -0.05) is 30.3 Å². The number of Topliss-reactive ketones (excluding diaryl/α,β-unsaturated/α-hetero) is 1. The van der Waals surface area contributed by atoms with Gasteiger partial charge in [0, 0.05) is 12.2 Å². The fourth-order valence-corrected chi connectivity index (χ4v) is 4.92. The van der Waals surface area contributed by atoms with Crippen molar-refractivity contribution in [2.75, 3.05) is 13.1 Å². The summed E-state index contributed by atoms with van der Waals surface area (Å²) in [6, 6.07) is 9.02. The number of aliphatic hydroxyl groups is 1. The number of aromatic nitrogens is 2. The van der Waals surface area contributed by atoms with Crippen LogP contribution in [0.2, 0.25) is 0 Å². The molecule has 0 saturated carbocycles. The summed E-state index contributed by atoms with van der Waals surface area (Å²) in [6.45, 7) is 6.06. The Bertz CT molecular complexity index is 1020. The molecule has 2 aromatic rings. The summed E-state index contributed by atoms with van der Waals surface area (Å²) in [7, 11) is 0. The molecule has 1 aromatic heterocycles. The van der Waals surface area contributed by atoms with Crippen LogP contribution in [0.1, 0.15) is 48.3 Å². The molecular weight excluding hydrogens is 396 g/mol. The molecule has 2 fully saturated rings. The maximum absolute atomic E-state index is 13.4. The summed E-state index contributed by atoms with van der Waals surface area (Å²) in [5.74, 6) is -0.723. The van der Waals surface area contributed by atoms with Gasteiger partial charge in [-0.2, -0.15) is 5.10 Å². The molecule has 164 valence electrons. The predicted molar refractivity (Wildman–Crippen MR) is 113 cm³/mol. The van der Waals surface area contributed by atoms with E-state index >= 15 is 0 Å². The van der Waals surface area contributed by atoms with Crippen molar-refractivity contribution < 1.29 is 19.5 Å². The van der Waals surface area contributed by atoms with E-state index in [1.807, 2.05) is 37.3 Å². The first kappa shape index (κ1) is 21.2. The third-order valence-corrected chi connectivity index (χ3v) is 6.54. The largest absolute Gasteiger partial charge is 0.391 e. The first-order valence-electron chi connectivity index (χ1n) is 10.6. The molecule has 3 heterocycles. The van der Waals surface area contributed by atoms with E-state index in [1.165, 1.54) is 18.7 Å². The maximum Gasteiger partial charge on any atom is 0.258 e. The predicted octanol–water partition coefficient (Wildman–Crippen LogP) is 1.40. The summed E-state index contributed by atoms with van der Waals surface area (Å²) in [4.78, 5) is 41.6. The molecule has 8 heteroatoms. The van der Waals surface area contributed by atoms with Crippen LogP contribution >= 0.6 is 0 Å². The van der Waals surface area contributed by atoms with E-state index in [0.717, 1.165) is 17.7 Å². The van der Waals surface area contributed by atoms with Gasteiger partial charge < -0.3 is 14.9 Å². The number of benzene rings is 1. The Morgan fingerprint density at radius 1 is 1.26 bits per heavy atom. The average molecular weight is 425 g/mol. The smallest absolute Gasteiger partial charge is 0.258 e. The lowest BCUT2D eigenvalue weighted by molar-refractivity contribution is -0.169. The van der Waals surface area contributed by atoms with E-state index in [0.29, 0.717) is 25.1 Å². The Hall–Kier alpha value is -3.00. The molecule has 1 spiro atoms. The summed E-state index contributed by atoms with van der Waals surface area (Å²) < 4.78 is 1.79. The molecular formula is C23H28N4O4. The summed E-state index contributed by atoms with van der Waals surface area (Å²) >= 11 is 0. The maximum atomic E-state index is 13.4. The quantitative estimate of drug-likeness (QED) is 0.707. The first-order chi connectivity index (χ1) is 14.8. The third-order valence-electron chi connectivity index (χ3n) is 6.54. The van der Waals surface area contributed by atoms with E-state index in [-0.39, 0.29) is 24.1 Å². The second kappa shape index (κ2) is 7.92. The number of carbonyl (C=O) groups is 3. The number of rotatable bonds is 6. The molecule has 1 aromatic carbocycles. The second-order valence-corrected chi connectivity index (χ2v) is 8.61. The zero-order valence-corrected chi connectivity index (χ0v) is 18.1. The van der Waals surface area contributed by atoms with Gasteiger partial charge in [0.15, 0.2) is 5.78 Å². The lowest BCUT2D eigenvalue weighted by atomic mass is 9.82. The number of nitrogens with zero attached hydrogens (tertiary/aromatic N) is 4. The van der Waals surface area contributed by atoms with Gasteiger partial charge in [-0.15, -0.1) is 0 Å². The zero-order valence-electron chi connectivity index (χ0n) is 18.1. The van der Waals surface area contributed by atoms with E-state index in [2.05, 4.69) is 5.10 Å². The monoisotopic (exact) mass is 424 g/mol. The van der Waals surface area contributed by atoms with Crippen LogP contribution in [-0.2, 0) is 16.1 Å². The summed E-state index contributed by atoms with van der Waals surface area (Å²) in [5.41, 5.74) is 1.41. The van der Waals surface area contributed by atoms with Gasteiger partial charge in [0.05, 0.1) is 31.0 Å². The fraction of sp³-hybridized carbons (Fsp3) is 0.478. The van der Waals surface area contributed by atoms with Crippen LogP contribution < -0.4 is 0 Å². The lowest BCUT2D eigenvalue weighted by Gasteiger charge is -2.53. The van der Waals surface area contributed by atoms with Crippen molar-refractivity contribution in [2.24, 2.45) is 0 Å². The lowest BCUT2D eigenvalue weighted by Crippen LogP contribution is -2.76. The summed E-state index contributed by atoms with van der Waals surface area (Å²) in [6.07, 6.45) is 1.90. The number of likely N-dealkylation sites (tertiary alicyclic amines) is 2. The number of carbonyl (C=O) groups excluding carboxylic acids is 3. The van der Waals surface area contributed by atoms with Crippen molar-refractivity contribution >= 4 is 17.6 Å². The minimum atomic E-state index is -0.956. The second-order valence-electron chi connectivity index (χ2n) is 8.61. The highest BCUT2D eigenvalue weighted by atomic mass is 16.3. The van der Waals surface area contributed by atoms with Gasteiger partial charge in [0.2, 0.25) is 0 Å². The molecule has 1 N–H and O–H groups in total. The van der Waals surface area contributed by atoms with E-state index in [1.54, 1.807) is 15.8 Å². The highest BCUT2D eigenvalue weighted by Crippen LogP contribution is 2.41. The van der Waals surface area contributed by atoms with Crippen molar-refractivity contribution in [3.63, 3.8) is 0 Å². The van der Waals surface area contributed by atoms with Gasteiger partial charge in [0.1, 0.15) is 11.6 Å². The van der Waals surface area contributed by atoms with Gasteiger partial charge >= 0.3 is 0 Å². The molecule has 2 saturated heterocycles. The topological polar surface area (TPSA) is 95.7 Å². The average Bonchev–Trinajstić information content (AvgIpc) is 3.33. The Labute approximate surface area is 181 Å². The van der Waals surface area contributed by atoms with Crippen molar-refractivity contribution in [2.45, 2.75) is 57.8 Å². The Morgan fingerprint density at radius 2 is 1.97 bits per heavy atom. The molecule has 0 radical (unpaired) electrons. The minimum Gasteiger partial charge on any atom is -0.391 e. The number of ketones is 1. The van der Waals surface area contributed by atoms with Crippen molar-refractivity contribution in [1.82, 2.24) is 19.6 Å². The molecule has 4 rings (SSSR count). The van der Waals surface area contributed by atoms with Crippen LogP contribution in [0.3, 0.4) is 0 Å². The van der Waals surface area contributed by atoms with Crippen LogP contribution in [0, 0.1) is 6.92 Å². The first-order valence-corrected chi connectivity index (χ1v) is 10.6. The molecule has 0 bridgehead atoms. The summed E-state index contributed by atoms with van der Waals surface area (Å²) in [5, 5.41) is 14.4. The number of amides is 2. The SMILES string of the molecule is CC(=O)[C@H]([C@@H](C)O)N1CC2(CCCN2C(=O)c2cnn(Cc3ccccc3)c2C)C1=O. The van der Waals surface area contributed by atoms with Crippen LogP contribution in [0.5, 0.6) is 0 Å². The standard InChI is InChI=1S/C23H28N4O4/c1-15-19(12-24-27(15)13-18-8-5-4-6-9-18)21(30)26-11-7-10-23(26)14-25(22(23)31)20(16(2)28)17(3)29/h4-6,8-9,12,16,20,28H,7,10-11,13-14H2,1-3H3/t16-,20+,23?/m1/s1. The van der Waals surface area contributed by atoms with Gasteiger partial charge in [-0.05, 0) is 39.2 Å². The fourth-order valence-electron chi connectivity index (χ4n) is 4.92. The molecule has 8 nitrogen and oxygen atoms in total. The normalized spacial score (nSPS) is 22.5. The molecule has 2 amide bonds. The molecule has 2 aliphatic heterocycles. The number of hydrogen-bond donors (Lipinski definition) is 1. The number of β-lactam (4-membered cyclic amide) rings is 1. The van der Waals surface area contributed by atoms with Crippen molar-refractivity contribution in [3.8, 4) is 0 Å². The third kappa shape index (κ3) is 3.44. The Morgan fingerprint density at radius 3 is 2.58 bits per heavy atom. The Kier molecular flexibility index (Phi) is 5.43. The van der Waals surface area contributed by atoms with Crippen LogP contribution in [0.15, 0.2) is 36.5 Å². The minimum absolute atomic E-state index is 0.210.